The summed E-state index contributed by atoms with van der Waals surface area (Å²) in [6.45, 7) is 2.27. The number of hydrogen-bond acceptors (Lipinski definition) is 0. The monoisotopic (exact) mass is 376 g/mol. The molecule has 0 atom stereocenters. The van der Waals surface area contributed by atoms with E-state index in [1.54, 1.807) is 0 Å². The second-order valence-corrected chi connectivity index (χ2v) is 7.68. The van der Waals surface area contributed by atoms with Gasteiger partial charge in [0.2, 0.25) is 0 Å². The highest BCUT2D eigenvalue weighted by Gasteiger charge is 2.14. The van der Waals surface area contributed by atoms with Crippen LogP contribution in [0.4, 0.5) is 0 Å². The van der Waals surface area contributed by atoms with Crippen molar-refractivity contribution in [3.8, 4) is 0 Å². The van der Waals surface area contributed by atoms with E-state index < -0.39 is 0 Å². The average Bonchev–Trinajstić information content (AvgIpc) is 2.78. The Hall–Kier alpha value is -3.12. The summed E-state index contributed by atoms with van der Waals surface area (Å²) in [4.78, 5) is 0. The summed E-state index contributed by atoms with van der Waals surface area (Å²) < 4.78 is 0. The molecule has 0 fully saturated rings. The molecule has 29 heavy (non-hydrogen) atoms. The molecule has 0 unspecified atom stereocenters. The SMILES string of the molecule is CCc1ccc(Cc2ccccc2)c(Cc2ccccc2)c1Cc1ccccc1. The zero-order valence-corrected chi connectivity index (χ0v) is 17.1. The van der Waals surface area contributed by atoms with Crippen LogP contribution >= 0.6 is 0 Å². The van der Waals surface area contributed by atoms with Gasteiger partial charge in [0.15, 0.2) is 0 Å². The predicted octanol–water partition coefficient (Wildman–Crippen LogP) is 7.02. The molecular formula is C29H28. The first kappa shape index (κ1) is 19.2. The molecule has 0 spiro atoms. The van der Waals surface area contributed by atoms with Crippen LogP contribution < -0.4 is 0 Å². The Bertz CT molecular complexity index is 1030. The van der Waals surface area contributed by atoms with E-state index in [1.807, 2.05) is 0 Å². The highest BCUT2D eigenvalue weighted by molar-refractivity contribution is 5.48. The quantitative estimate of drug-likeness (QED) is 0.325. The van der Waals surface area contributed by atoms with Crippen LogP contribution in [0.2, 0.25) is 0 Å². The minimum atomic E-state index is 0.981. The lowest BCUT2D eigenvalue weighted by atomic mass is 9.85. The van der Waals surface area contributed by atoms with E-state index in [9.17, 15) is 0 Å². The molecule has 0 N–H and O–H groups in total. The number of benzene rings is 4. The first-order valence-electron chi connectivity index (χ1n) is 10.6. The Morgan fingerprint density at radius 3 is 1.24 bits per heavy atom. The minimum Gasteiger partial charge on any atom is -0.0622 e. The fraction of sp³-hybridized carbons (Fsp3) is 0.172. The van der Waals surface area contributed by atoms with E-state index in [-0.39, 0.29) is 0 Å². The van der Waals surface area contributed by atoms with Gasteiger partial charge in [-0.25, -0.2) is 0 Å². The Kier molecular flexibility index (Phi) is 6.22. The smallest absolute Gasteiger partial charge is 0.00200 e. The highest BCUT2D eigenvalue weighted by atomic mass is 14.2. The standard InChI is InChI=1S/C29H28/c1-2-26-18-19-27(20-23-12-6-3-7-13-23)29(22-25-16-10-5-11-17-25)28(26)21-24-14-8-4-9-15-24/h3-19H,2,20-22H2,1H3. The van der Waals surface area contributed by atoms with Gasteiger partial charge in [0.1, 0.15) is 0 Å². The molecule has 0 nitrogen and oxygen atoms in total. The summed E-state index contributed by atoms with van der Waals surface area (Å²) in [7, 11) is 0. The Morgan fingerprint density at radius 1 is 0.414 bits per heavy atom. The molecule has 0 amide bonds. The van der Waals surface area contributed by atoms with Crippen molar-refractivity contribution in [2.24, 2.45) is 0 Å². The summed E-state index contributed by atoms with van der Waals surface area (Å²) in [6, 6.07) is 37.3. The van der Waals surface area contributed by atoms with Crippen LogP contribution in [0.25, 0.3) is 0 Å². The molecule has 0 aliphatic carbocycles. The van der Waals surface area contributed by atoms with Crippen LogP contribution in [0.15, 0.2) is 103 Å². The van der Waals surface area contributed by atoms with E-state index in [2.05, 4.69) is 110 Å². The van der Waals surface area contributed by atoms with Crippen LogP contribution in [-0.4, -0.2) is 0 Å². The van der Waals surface area contributed by atoms with E-state index in [0.29, 0.717) is 0 Å². The van der Waals surface area contributed by atoms with E-state index in [0.717, 1.165) is 25.7 Å². The van der Waals surface area contributed by atoms with Crippen molar-refractivity contribution in [1.82, 2.24) is 0 Å². The van der Waals surface area contributed by atoms with Gasteiger partial charge in [0, 0.05) is 0 Å². The maximum absolute atomic E-state index is 2.36. The molecule has 0 aromatic heterocycles. The van der Waals surface area contributed by atoms with Gasteiger partial charge in [0.25, 0.3) is 0 Å². The third-order valence-electron chi connectivity index (χ3n) is 5.69. The molecule has 144 valence electrons. The largest absolute Gasteiger partial charge is 0.0622 e. The topological polar surface area (TPSA) is 0 Å². The van der Waals surface area contributed by atoms with Crippen LogP contribution in [0.1, 0.15) is 45.9 Å². The molecule has 0 bridgehead atoms. The lowest BCUT2D eigenvalue weighted by Crippen LogP contribution is -2.07. The first-order valence-corrected chi connectivity index (χ1v) is 10.6. The van der Waals surface area contributed by atoms with Gasteiger partial charge in [-0.3, -0.25) is 0 Å². The molecule has 0 saturated carbocycles. The normalized spacial score (nSPS) is 10.8. The van der Waals surface area contributed by atoms with E-state index >= 15 is 0 Å². The second-order valence-electron chi connectivity index (χ2n) is 7.68. The van der Waals surface area contributed by atoms with Crippen molar-refractivity contribution in [3.63, 3.8) is 0 Å². The van der Waals surface area contributed by atoms with Crippen molar-refractivity contribution in [3.05, 3.63) is 142 Å². The number of hydrogen-bond donors (Lipinski definition) is 0. The van der Waals surface area contributed by atoms with Crippen LogP contribution in [-0.2, 0) is 25.7 Å². The fourth-order valence-corrected chi connectivity index (χ4v) is 4.14. The van der Waals surface area contributed by atoms with Crippen molar-refractivity contribution >= 4 is 0 Å². The molecule has 4 aromatic carbocycles. The number of rotatable bonds is 7. The summed E-state index contributed by atoms with van der Waals surface area (Å²) in [5.41, 5.74) is 10.1. The summed E-state index contributed by atoms with van der Waals surface area (Å²) >= 11 is 0. The minimum absolute atomic E-state index is 0.981. The highest BCUT2D eigenvalue weighted by Crippen LogP contribution is 2.28. The maximum Gasteiger partial charge on any atom is -0.00200 e. The Balaban J connectivity index is 1.80. The second kappa shape index (κ2) is 9.39. The molecule has 0 aliphatic heterocycles. The summed E-state index contributed by atoms with van der Waals surface area (Å²) in [5, 5.41) is 0. The zero-order valence-electron chi connectivity index (χ0n) is 17.1. The molecule has 0 radical (unpaired) electrons. The molecule has 4 aromatic rings. The van der Waals surface area contributed by atoms with Crippen molar-refractivity contribution < 1.29 is 0 Å². The van der Waals surface area contributed by atoms with Crippen LogP contribution in [0.5, 0.6) is 0 Å². The van der Waals surface area contributed by atoms with Gasteiger partial charge < -0.3 is 0 Å². The molecule has 0 saturated heterocycles. The Labute approximate surface area is 174 Å². The maximum atomic E-state index is 2.36. The lowest BCUT2D eigenvalue weighted by Gasteiger charge is -2.19. The first-order chi connectivity index (χ1) is 14.3. The number of aryl methyl sites for hydroxylation is 1. The average molecular weight is 377 g/mol. The van der Waals surface area contributed by atoms with Gasteiger partial charge >= 0.3 is 0 Å². The molecule has 0 heterocycles. The zero-order chi connectivity index (χ0) is 19.9. The molecular weight excluding hydrogens is 348 g/mol. The van der Waals surface area contributed by atoms with Crippen molar-refractivity contribution in [2.45, 2.75) is 32.6 Å². The van der Waals surface area contributed by atoms with Gasteiger partial charge in [-0.05, 0) is 64.6 Å². The molecule has 0 heteroatoms. The third-order valence-corrected chi connectivity index (χ3v) is 5.69. The van der Waals surface area contributed by atoms with Crippen molar-refractivity contribution in [1.29, 1.82) is 0 Å². The van der Waals surface area contributed by atoms with Gasteiger partial charge in [-0.15, -0.1) is 0 Å². The fourth-order valence-electron chi connectivity index (χ4n) is 4.14. The van der Waals surface area contributed by atoms with Crippen molar-refractivity contribution in [2.75, 3.05) is 0 Å². The lowest BCUT2D eigenvalue weighted by molar-refractivity contribution is 0.984. The summed E-state index contributed by atoms with van der Waals surface area (Å²) in [6.07, 6.45) is 4.03. The Morgan fingerprint density at radius 2 is 0.793 bits per heavy atom. The summed E-state index contributed by atoms with van der Waals surface area (Å²) in [5.74, 6) is 0. The predicted molar refractivity (Wildman–Crippen MR) is 124 cm³/mol. The van der Waals surface area contributed by atoms with Gasteiger partial charge in [-0.1, -0.05) is 110 Å². The molecule has 4 rings (SSSR count). The van der Waals surface area contributed by atoms with Gasteiger partial charge in [-0.2, -0.15) is 0 Å². The van der Waals surface area contributed by atoms with Crippen LogP contribution in [0.3, 0.4) is 0 Å². The van der Waals surface area contributed by atoms with Crippen LogP contribution in [0, 0.1) is 0 Å². The van der Waals surface area contributed by atoms with E-state index in [4.69, 9.17) is 0 Å². The van der Waals surface area contributed by atoms with E-state index in [1.165, 1.54) is 38.9 Å². The van der Waals surface area contributed by atoms with Gasteiger partial charge in [0.05, 0.1) is 0 Å². The third kappa shape index (κ3) is 4.84. The molecule has 0 aliphatic rings.